The van der Waals surface area contributed by atoms with Gasteiger partial charge in [0.2, 0.25) is 0 Å². The minimum atomic E-state index is -0.905. The first-order valence-corrected chi connectivity index (χ1v) is 7.61. The summed E-state index contributed by atoms with van der Waals surface area (Å²) < 4.78 is 5.03. The van der Waals surface area contributed by atoms with Crippen LogP contribution >= 0.6 is 11.3 Å². The van der Waals surface area contributed by atoms with Crippen molar-refractivity contribution in [2.45, 2.75) is 6.42 Å². The molecule has 3 aromatic rings. The molecule has 1 aromatic carbocycles. The minimum Gasteiger partial charge on any atom is -0.481 e. The van der Waals surface area contributed by atoms with Gasteiger partial charge < -0.3 is 14.8 Å². The van der Waals surface area contributed by atoms with Crippen LogP contribution in [0.25, 0.3) is 10.6 Å². The molecule has 7 heteroatoms. The van der Waals surface area contributed by atoms with Gasteiger partial charge in [-0.25, -0.2) is 4.98 Å². The van der Waals surface area contributed by atoms with E-state index in [0.717, 1.165) is 10.6 Å². The zero-order chi connectivity index (χ0) is 16.2. The van der Waals surface area contributed by atoms with Crippen LogP contribution in [0.5, 0.6) is 0 Å². The van der Waals surface area contributed by atoms with Gasteiger partial charge in [0.25, 0.3) is 5.91 Å². The number of benzene rings is 1. The highest BCUT2D eigenvalue weighted by Crippen LogP contribution is 2.25. The standard InChI is InChI=1S/C16H12N2O4S/c19-14(20)8-12-9-23-16(18-12)10-3-5-11(6-4-10)17-15(21)13-2-1-7-22-13/h1-7,9H,8H2,(H,17,21)(H,19,20). The Balaban J connectivity index is 1.70. The normalized spacial score (nSPS) is 10.4. The predicted octanol–water partition coefficient (Wildman–Crippen LogP) is 3.28. The number of furan rings is 1. The summed E-state index contributed by atoms with van der Waals surface area (Å²) in [6, 6.07) is 10.4. The Hall–Kier alpha value is -2.93. The number of anilines is 1. The minimum absolute atomic E-state index is 0.0895. The number of carbonyl (C=O) groups excluding carboxylic acids is 1. The van der Waals surface area contributed by atoms with E-state index < -0.39 is 5.97 Å². The number of nitrogens with one attached hydrogen (secondary N) is 1. The summed E-state index contributed by atoms with van der Waals surface area (Å²) >= 11 is 1.39. The zero-order valence-electron chi connectivity index (χ0n) is 11.9. The molecule has 0 aliphatic heterocycles. The van der Waals surface area contributed by atoms with E-state index in [9.17, 15) is 9.59 Å². The summed E-state index contributed by atoms with van der Waals surface area (Å²) in [7, 11) is 0. The maximum absolute atomic E-state index is 11.9. The van der Waals surface area contributed by atoms with Gasteiger partial charge in [-0.05, 0) is 36.4 Å². The van der Waals surface area contributed by atoms with Gasteiger partial charge in [-0.3, -0.25) is 9.59 Å². The van der Waals surface area contributed by atoms with Gasteiger partial charge in [-0.15, -0.1) is 11.3 Å². The van der Waals surface area contributed by atoms with E-state index in [4.69, 9.17) is 9.52 Å². The topological polar surface area (TPSA) is 92.4 Å². The number of carbonyl (C=O) groups is 2. The van der Waals surface area contributed by atoms with Crippen LogP contribution in [0.2, 0.25) is 0 Å². The average Bonchev–Trinajstić information content (AvgIpc) is 3.19. The fourth-order valence-corrected chi connectivity index (χ4v) is 2.80. The molecule has 3 rings (SSSR count). The second kappa shape index (κ2) is 6.45. The molecule has 2 aromatic heterocycles. The maximum Gasteiger partial charge on any atom is 0.309 e. The van der Waals surface area contributed by atoms with Crippen molar-refractivity contribution in [2.24, 2.45) is 0 Å². The molecule has 2 heterocycles. The Morgan fingerprint density at radius 1 is 1.22 bits per heavy atom. The summed E-state index contributed by atoms with van der Waals surface area (Å²) in [5.74, 6) is -0.981. The highest BCUT2D eigenvalue weighted by Gasteiger charge is 2.10. The first-order valence-electron chi connectivity index (χ1n) is 6.73. The van der Waals surface area contributed by atoms with Crippen molar-refractivity contribution in [3.63, 3.8) is 0 Å². The summed E-state index contributed by atoms with van der Waals surface area (Å²) in [5.41, 5.74) is 2.04. The van der Waals surface area contributed by atoms with Crippen LogP contribution in [0.1, 0.15) is 16.2 Å². The molecule has 0 atom stereocenters. The number of rotatable bonds is 5. The molecule has 0 fully saturated rings. The summed E-state index contributed by atoms with van der Waals surface area (Å²) in [6.45, 7) is 0. The highest BCUT2D eigenvalue weighted by atomic mass is 32.1. The average molecular weight is 328 g/mol. The molecule has 0 aliphatic rings. The quantitative estimate of drug-likeness (QED) is 0.750. The van der Waals surface area contributed by atoms with Gasteiger partial charge in [0.1, 0.15) is 5.01 Å². The fourth-order valence-electron chi connectivity index (χ4n) is 1.97. The number of amides is 1. The molecular weight excluding hydrogens is 316 g/mol. The molecule has 0 radical (unpaired) electrons. The van der Waals surface area contributed by atoms with Gasteiger partial charge in [0, 0.05) is 16.6 Å². The molecule has 0 spiro atoms. The Labute approximate surface area is 135 Å². The number of nitrogens with zero attached hydrogens (tertiary/aromatic N) is 1. The molecule has 6 nitrogen and oxygen atoms in total. The summed E-state index contributed by atoms with van der Waals surface area (Å²) in [6.07, 6.45) is 1.35. The molecule has 0 unspecified atom stereocenters. The fraction of sp³-hybridized carbons (Fsp3) is 0.0625. The molecule has 0 saturated heterocycles. The van der Waals surface area contributed by atoms with E-state index in [1.807, 2.05) is 12.1 Å². The number of aliphatic carboxylic acids is 1. The molecule has 1 amide bonds. The molecule has 23 heavy (non-hydrogen) atoms. The van der Waals surface area contributed by atoms with Crippen molar-refractivity contribution in [2.75, 3.05) is 5.32 Å². The van der Waals surface area contributed by atoms with E-state index in [2.05, 4.69) is 10.3 Å². The van der Waals surface area contributed by atoms with E-state index in [-0.39, 0.29) is 18.1 Å². The SMILES string of the molecule is O=C(O)Cc1csc(-c2ccc(NC(=O)c3ccco3)cc2)n1. The maximum atomic E-state index is 11.9. The molecule has 0 bridgehead atoms. The number of hydrogen-bond donors (Lipinski definition) is 2. The van der Waals surface area contributed by atoms with Gasteiger partial charge in [0.15, 0.2) is 5.76 Å². The van der Waals surface area contributed by atoms with Crippen LogP contribution in [0.15, 0.2) is 52.5 Å². The van der Waals surface area contributed by atoms with Crippen molar-refractivity contribution < 1.29 is 19.1 Å². The lowest BCUT2D eigenvalue weighted by Crippen LogP contribution is -2.10. The number of thiazole rings is 1. The zero-order valence-corrected chi connectivity index (χ0v) is 12.7. The van der Waals surface area contributed by atoms with Crippen molar-refractivity contribution >= 4 is 28.9 Å². The Bertz CT molecular complexity index is 822. The Morgan fingerprint density at radius 3 is 2.65 bits per heavy atom. The molecule has 0 saturated carbocycles. The lowest BCUT2D eigenvalue weighted by molar-refractivity contribution is -0.136. The van der Waals surface area contributed by atoms with Crippen LogP contribution in [-0.2, 0) is 11.2 Å². The second-order valence-corrected chi connectivity index (χ2v) is 5.58. The predicted molar refractivity (Wildman–Crippen MR) is 85.6 cm³/mol. The van der Waals surface area contributed by atoms with Gasteiger partial charge in [0.05, 0.1) is 18.4 Å². The van der Waals surface area contributed by atoms with Crippen molar-refractivity contribution in [3.05, 3.63) is 59.5 Å². The Kier molecular flexibility index (Phi) is 4.20. The number of hydrogen-bond acceptors (Lipinski definition) is 5. The third kappa shape index (κ3) is 3.64. The lowest BCUT2D eigenvalue weighted by atomic mass is 10.2. The first kappa shape index (κ1) is 15.0. The summed E-state index contributed by atoms with van der Waals surface area (Å²) in [4.78, 5) is 26.8. The van der Waals surface area contributed by atoms with Crippen molar-refractivity contribution in [1.29, 1.82) is 0 Å². The largest absolute Gasteiger partial charge is 0.481 e. The van der Waals surface area contributed by atoms with Gasteiger partial charge in [-0.1, -0.05) is 0 Å². The number of carboxylic acid groups (broad SMARTS) is 1. The third-order valence-electron chi connectivity index (χ3n) is 3.02. The highest BCUT2D eigenvalue weighted by molar-refractivity contribution is 7.13. The van der Waals surface area contributed by atoms with E-state index in [1.165, 1.54) is 17.6 Å². The smallest absolute Gasteiger partial charge is 0.309 e. The molecule has 116 valence electrons. The van der Waals surface area contributed by atoms with E-state index >= 15 is 0 Å². The van der Waals surface area contributed by atoms with Gasteiger partial charge >= 0.3 is 5.97 Å². The summed E-state index contributed by atoms with van der Waals surface area (Å²) in [5, 5.41) is 14.0. The Morgan fingerprint density at radius 2 is 2.00 bits per heavy atom. The second-order valence-electron chi connectivity index (χ2n) is 4.72. The van der Waals surface area contributed by atoms with Crippen LogP contribution in [-0.4, -0.2) is 22.0 Å². The van der Waals surface area contributed by atoms with Crippen LogP contribution < -0.4 is 5.32 Å². The van der Waals surface area contributed by atoms with Gasteiger partial charge in [-0.2, -0.15) is 0 Å². The molecular formula is C16H12N2O4S. The number of carboxylic acids is 1. The van der Waals surface area contributed by atoms with Crippen LogP contribution in [0.4, 0.5) is 5.69 Å². The van der Waals surface area contributed by atoms with Crippen LogP contribution in [0, 0.1) is 0 Å². The van der Waals surface area contributed by atoms with Crippen molar-refractivity contribution in [3.8, 4) is 10.6 Å². The monoisotopic (exact) mass is 328 g/mol. The lowest BCUT2D eigenvalue weighted by Gasteiger charge is -2.04. The van der Waals surface area contributed by atoms with E-state index in [0.29, 0.717) is 11.4 Å². The van der Waals surface area contributed by atoms with Crippen LogP contribution in [0.3, 0.4) is 0 Å². The molecule has 0 aliphatic carbocycles. The van der Waals surface area contributed by atoms with Crippen molar-refractivity contribution in [1.82, 2.24) is 4.98 Å². The third-order valence-corrected chi connectivity index (χ3v) is 3.96. The number of aromatic nitrogens is 1. The first-order chi connectivity index (χ1) is 11.1. The molecule has 2 N–H and O–H groups in total. The van der Waals surface area contributed by atoms with E-state index in [1.54, 1.807) is 29.6 Å².